The van der Waals surface area contributed by atoms with Gasteiger partial charge in [-0.15, -0.1) is 11.8 Å². The summed E-state index contributed by atoms with van der Waals surface area (Å²) >= 11 is 1.81. The van der Waals surface area contributed by atoms with Crippen LogP contribution in [0, 0.1) is 5.92 Å². The molecule has 0 aliphatic heterocycles. The fourth-order valence-electron chi connectivity index (χ4n) is 3.15. The second kappa shape index (κ2) is 20.6. The Morgan fingerprint density at radius 3 is 2.55 bits per heavy atom. The highest BCUT2D eigenvalue weighted by atomic mass is 32.2. The van der Waals surface area contributed by atoms with Crippen molar-refractivity contribution in [1.29, 1.82) is 0 Å². The van der Waals surface area contributed by atoms with Crippen molar-refractivity contribution >= 4 is 23.7 Å². The summed E-state index contributed by atoms with van der Waals surface area (Å²) < 4.78 is 15.7. The lowest BCUT2D eigenvalue weighted by atomic mass is 10.1. The number of hydrogen-bond donors (Lipinski definition) is 1. The molecular formula is C24H42O6S. The van der Waals surface area contributed by atoms with E-state index in [0.717, 1.165) is 83.2 Å². The number of carbonyl (C=O) groups is 2. The maximum atomic E-state index is 12.0. The number of unbranched alkanes of at least 4 members (excludes halogenated alkanes) is 3. The average Bonchev–Trinajstić information content (AvgIpc) is 3.15. The van der Waals surface area contributed by atoms with Crippen LogP contribution in [0.4, 0.5) is 0 Å². The molecule has 7 heteroatoms. The molecule has 31 heavy (non-hydrogen) atoms. The normalized spacial score (nSPS) is 15.7. The molecule has 0 fully saturated rings. The van der Waals surface area contributed by atoms with E-state index < -0.39 is 0 Å². The molecule has 0 radical (unpaired) electrons. The lowest BCUT2D eigenvalue weighted by Gasteiger charge is -2.12. The van der Waals surface area contributed by atoms with Gasteiger partial charge in [0.1, 0.15) is 5.76 Å². The van der Waals surface area contributed by atoms with Crippen molar-refractivity contribution in [2.75, 3.05) is 33.2 Å². The van der Waals surface area contributed by atoms with Crippen LogP contribution in [-0.2, 0) is 23.8 Å². The molecule has 0 spiro atoms. The summed E-state index contributed by atoms with van der Waals surface area (Å²) in [5, 5.41) is 7.00. The quantitative estimate of drug-likeness (QED) is 0.188. The molecule has 1 N–H and O–H groups in total. The minimum absolute atomic E-state index is 0.125. The van der Waals surface area contributed by atoms with E-state index in [4.69, 9.17) is 14.6 Å². The number of carbonyl (C=O) groups excluding carboxylic acids is 2. The number of rotatable bonds is 16. The molecule has 0 saturated carbocycles. The van der Waals surface area contributed by atoms with Crippen molar-refractivity contribution in [3.63, 3.8) is 0 Å². The summed E-state index contributed by atoms with van der Waals surface area (Å²) in [4.78, 5) is 24.4. The van der Waals surface area contributed by atoms with E-state index in [1.54, 1.807) is 0 Å². The first-order valence-electron chi connectivity index (χ1n) is 11.4. The van der Waals surface area contributed by atoms with Crippen LogP contribution in [0.25, 0.3) is 0 Å². The number of thioether (sulfide) groups is 1. The van der Waals surface area contributed by atoms with Gasteiger partial charge in [0.05, 0.1) is 7.11 Å². The Hall–Kier alpha value is -1.31. The summed E-state index contributed by atoms with van der Waals surface area (Å²) in [6, 6.07) is 0. The Morgan fingerprint density at radius 2 is 1.87 bits per heavy atom. The second-order valence-electron chi connectivity index (χ2n) is 7.16. The van der Waals surface area contributed by atoms with Gasteiger partial charge in [0.2, 0.25) is 0 Å². The van der Waals surface area contributed by atoms with Crippen LogP contribution in [0.3, 0.4) is 0 Å². The van der Waals surface area contributed by atoms with E-state index in [1.807, 2.05) is 25.6 Å². The molecule has 1 aliphatic rings. The fourth-order valence-corrected chi connectivity index (χ4v) is 4.44. The molecular weight excluding hydrogens is 416 g/mol. The first-order chi connectivity index (χ1) is 15.1. The van der Waals surface area contributed by atoms with E-state index >= 15 is 0 Å². The number of hydrogen-bond acceptors (Lipinski definition) is 7. The first-order valence-corrected chi connectivity index (χ1v) is 12.4. The van der Waals surface area contributed by atoms with Gasteiger partial charge >= 0.3 is 11.9 Å². The molecule has 1 aliphatic carbocycles. The fraction of sp³-hybridized carbons (Fsp3) is 0.750. The number of aliphatic hydroxyl groups excluding tert-OH is 1. The van der Waals surface area contributed by atoms with Gasteiger partial charge in [-0.05, 0) is 51.2 Å². The Balaban J connectivity index is 0.00000436. The van der Waals surface area contributed by atoms with Gasteiger partial charge in [-0.25, -0.2) is 0 Å². The van der Waals surface area contributed by atoms with Gasteiger partial charge in [-0.2, -0.15) is 0 Å². The minimum atomic E-state index is -0.143. The molecule has 0 aromatic heterocycles. The zero-order chi connectivity index (χ0) is 23.3. The van der Waals surface area contributed by atoms with Crippen LogP contribution in [-0.4, -0.2) is 50.2 Å². The largest absolute Gasteiger partial charge is 0.469 e. The highest BCUT2D eigenvalue weighted by Crippen LogP contribution is 2.41. The smallest absolute Gasteiger partial charge is 0.310 e. The van der Waals surface area contributed by atoms with Crippen molar-refractivity contribution in [3.05, 3.63) is 22.8 Å². The molecule has 0 heterocycles. The maximum absolute atomic E-state index is 12.0. The number of ether oxygens (including phenoxy) is 3. The van der Waals surface area contributed by atoms with E-state index in [1.165, 1.54) is 12.0 Å². The zero-order valence-corrected chi connectivity index (χ0v) is 20.6. The lowest BCUT2D eigenvalue weighted by molar-refractivity contribution is -0.141. The average molecular weight is 459 g/mol. The van der Waals surface area contributed by atoms with Crippen LogP contribution in [0.1, 0.15) is 78.1 Å². The first kappa shape index (κ1) is 29.7. The Bertz CT molecular complexity index is 544. The van der Waals surface area contributed by atoms with Gasteiger partial charge in [0.25, 0.3) is 0 Å². The molecule has 180 valence electrons. The van der Waals surface area contributed by atoms with Gasteiger partial charge in [-0.1, -0.05) is 25.5 Å². The Labute approximate surface area is 192 Å². The molecule has 0 aromatic rings. The van der Waals surface area contributed by atoms with Crippen molar-refractivity contribution < 1.29 is 28.9 Å². The number of aliphatic hydroxyl groups is 1. The van der Waals surface area contributed by atoms with E-state index in [0.29, 0.717) is 18.8 Å². The van der Waals surface area contributed by atoms with E-state index in [9.17, 15) is 9.59 Å². The lowest BCUT2D eigenvalue weighted by Crippen LogP contribution is -2.04. The third-order valence-electron chi connectivity index (χ3n) is 4.73. The number of allylic oxidation sites excluding steroid dienone is 4. The molecule has 0 saturated heterocycles. The molecule has 1 unspecified atom stereocenters. The van der Waals surface area contributed by atoms with Gasteiger partial charge in [-0.3, -0.25) is 9.59 Å². The van der Waals surface area contributed by atoms with Crippen LogP contribution >= 0.6 is 11.8 Å². The van der Waals surface area contributed by atoms with E-state index in [-0.39, 0.29) is 11.9 Å². The van der Waals surface area contributed by atoms with Crippen LogP contribution < -0.4 is 0 Å². The predicted octanol–water partition coefficient (Wildman–Crippen LogP) is 5.40. The molecule has 0 bridgehead atoms. The van der Waals surface area contributed by atoms with Crippen LogP contribution in [0.5, 0.6) is 0 Å². The monoisotopic (exact) mass is 458 g/mol. The minimum Gasteiger partial charge on any atom is -0.469 e. The summed E-state index contributed by atoms with van der Waals surface area (Å²) in [6.07, 6.45) is 13.0. The number of esters is 2. The summed E-state index contributed by atoms with van der Waals surface area (Å²) in [5.41, 5.74) is 0. The zero-order valence-electron chi connectivity index (χ0n) is 19.8. The third-order valence-corrected chi connectivity index (χ3v) is 6.06. The highest BCUT2D eigenvalue weighted by molar-refractivity contribution is 8.03. The van der Waals surface area contributed by atoms with E-state index in [2.05, 4.69) is 16.9 Å². The molecule has 6 nitrogen and oxygen atoms in total. The van der Waals surface area contributed by atoms with Crippen LogP contribution in [0.2, 0.25) is 0 Å². The standard InChI is InChI=1S/C23H38O5S.CH4O/c1-4-12-22(25)28-20-16-15-19(13-8-6-10-17-27-5-2)23(20)29-18-11-7-9-14-21(24)26-3;1-2/h8,13,19H,4-7,9-12,14-18H2,1-3H3;2H,1H3/b13-8+;. The molecule has 0 aromatic carbocycles. The summed E-state index contributed by atoms with van der Waals surface area (Å²) in [5.74, 6) is 1.91. The Morgan fingerprint density at radius 1 is 1.10 bits per heavy atom. The van der Waals surface area contributed by atoms with Crippen LogP contribution in [0.15, 0.2) is 22.8 Å². The number of methoxy groups -OCH3 is 1. The highest BCUT2D eigenvalue weighted by Gasteiger charge is 2.26. The van der Waals surface area contributed by atoms with Crippen molar-refractivity contribution in [3.8, 4) is 0 Å². The predicted molar refractivity (Wildman–Crippen MR) is 127 cm³/mol. The summed E-state index contributed by atoms with van der Waals surface area (Å²) in [6.45, 7) is 5.57. The maximum Gasteiger partial charge on any atom is 0.310 e. The van der Waals surface area contributed by atoms with Crippen molar-refractivity contribution in [2.24, 2.45) is 5.92 Å². The summed E-state index contributed by atoms with van der Waals surface area (Å²) in [7, 11) is 2.43. The topological polar surface area (TPSA) is 82.1 Å². The van der Waals surface area contributed by atoms with Gasteiger partial charge < -0.3 is 19.3 Å². The van der Waals surface area contributed by atoms with Crippen molar-refractivity contribution in [1.82, 2.24) is 0 Å². The molecule has 1 atom stereocenters. The van der Waals surface area contributed by atoms with Gasteiger partial charge in [0.15, 0.2) is 0 Å². The molecule has 1 rings (SSSR count). The third kappa shape index (κ3) is 14.4. The Kier molecular flexibility index (Phi) is 19.7. The van der Waals surface area contributed by atoms with Gasteiger partial charge in [0, 0.05) is 50.4 Å². The SMILES string of the molecule is CCCC(=O)OC1=C(SCCCCCC(=O)OC)C(/C=C/CCCOCC)CC1.CO. The molecule has 0 amide bonds. The van der Waals surface area contributed by atoms with Crippen molar-refractivity contribution in [2.45, 2.75) is 78.1 Å². The second-order valence-corrected chi connectivity index (χ2v) is 8.30.